The third kappa shape index (κ3) is 3.52. The summed E-state index contributed by atoms with van der Waals surface area (Å²) in [5, 5.41) is 10.7. The summed E-state index contributed by atoms with van der Waals surface area (Å²) >= 11 is 1.26. The molecule has 1 aliphatic carbocycles. The van der Waals surface area contributed by atoms with Crippen molar-refractivity contribution in [3.8, 4) is 0 Å². The van der Waals surface area contributed by atoms with Crippen LogP contribution in [0.15, 0.2) is 23.4 Å². The average molecular weight is 338 g/mol. The summed E-state index contributed by atoms with van der Waals surface area (Å²) in [5.41, 5.74) is -0.165. The summed E-state index contributed by atoms with van der Waals surface area (Å²) < 4.78 is 28.8. The minimum absolute atomic E-state index is 0.165. The highest BCUT2D eigenvalue weighted by molar-refractivity contribution is 8.00. The Morgan fingerprint density at radius 1 is 1.39 bits per heavy atom. The summed E-state index contributed by atoms with van der Waals surface area (Å²) in [6.07, 6.45) is 2.17. The van der Waals surface area contributed by atoms with Crippen molar-refractivity contribution in [3.63, 3.8) is 0 Å². The molecule has 1 N–H and O–H groups in total. The molecule has 23 heavy (non-hydrogen) atoms. The zero-order valence-electron chi connectivity index (χ0n) is 12.7. The Balaban J connectivity index is 1.69. The van der Waals surface area contributed by atoms with Gasteiger partial charge in [-0.25, -0.2) is 8.78 Å². The number of nitrogens with zero attached hydrogens (tertiary/aromatic N) is 3. The van der Waals surface area contributed by atoms with Gasteiger partial charge in [0.15, 0.2) is 5.16 Å². The Morgan fingerprint density at radius 3 is 2.83 bits per heavy atom. The molecule has 1 aromatic carbocycles. The van der Waals surface area contributed by atoms with Crippen molar-refractivity contribution in [3.05, 3.63) is 35.7 Å². The fourth-order valence-corrected chi connectivity index (χ4v) is 3.19. The van der Waals surface area contributed by atoms with Crippen LogP contribution in [0, 0.1) is 18.6 Å². The van der Waals surface area contributed by atoms with Crippen LogP contribution in [0.4, 0.5) is 14.5 Å². The number of nitrogens with one attached hydrogen (secondary N) is 1. The Hall–Kier alpha value is -1.96. The smallest absolute Gasteiger partial charge is 0.237 e. The molecule has 0 unspecified atom stereocenters. The van der Waals surface area contributed by atoms with Gasteiger partial charge in [-0.1, -0.05) is 11.8 Å². The molecule has 1 fully saturated rings. The third-order valence-corrected chi connectivity index (χ3v) is 4.64. The third-order valence-electron chi connectivity index (χ3n) is 3.58. The van der Waals surface area contributed by atoms with Crippen LogP contribution in [0.5, 0.6) is 0 Å². The van der Waals surface area contributed by atoms with Crippen LogP contribution in [-0.4, -0.2) is 25.9 Å². The monoisotopic (exact) mass is 338 g/mol. The van der Waals surface area contributed by atoms with E-state index < -0.39 is 22.8 Å². The molecular formula is C15H16F2N4OS. The summed E-state index contributed by atoms with van der Waals surface area (Å²) in [6, 6.07) is 3.35. The Morgan fingerprint density at radius 2 is 2.13 bits per heavy atom. The van der Waals surface area contributed by atoms with Gasteiger partial charge in [0.2, 0.25) is 5.91 Å². The molecule has 0 radical (unpaired) electrons. The summed E-state index contributed by atoms with van der Waals surface area (Å²) in [7, 11) is 0. The van der Waals surface area contributed by atoms with E-state index in [0.29, 0.717) is 11.2 Å². The number of hydrogen-bond donors (Lipinski definition) is 1. The maximum absolute atomic E-state index is 13.6. The number of halogens is 2. The van der Waals surface area contributed by atoms with Crippen LogP contribution in [0.3, 0.4) is 0 Å². The molecule has 0 saturated heterocycles. The SMILES string of the molecule is Cc1nnc(S[C@H](C)C(=O)Nc2cc(F)ccc2F)n1C1CC1. The maximum Gasteiger partial charge on any atom is 0.237 e. The number of anilines is 1. The quantitative estimate of drug-likeness (QED) is 0.850. The van der Waals surface area contributed by atoms with E-state index in [0.717, 1.165) is 36.9 Å². The van der Waals surface area contributed by atoms with E-state index in [1.165, 1.54) is 11.8 Å². The van der Waals surface area contributed by atoms with Crippen molar-refractivity contribution < 1.29 is 13.6 Å². The fraction of sp³-hybridized carbons (Fsp3) is 0.400. The summed E-state index contributed by atoms with van der Waals surface area (Å²) in [5.74, 6) is -0.874. The first-order valence-electron chi connectivity index (χ1n) is 7.30. The van der Waals surface area contributed by atoms with Gasteiger partial charge in [0.1, 0.15) is 17.5 Å². The number of carbonyl (C=O) groups excluding carboxylic acids is 1. The number of carbonyl (C=O) groups is 1. The second kappa shape index (κ2) is 6.27. The second-order valence-corrected chi connectivity index (χ2v) is 6.81. The largest absolute Gasteiger partial charge is 0.323 e. The molecule has 8 heteroatoms. The molecular weight excluding hydrogens is 322 g/mol. The summed E-state index contributed by atoms with van der Waals surface area (Å²) in [4.78, 5) is 12.2. The molecule has 0 bridgehead atoms. The van der Waals surface area contributed by atoms with Crippen molar-refractivity contribution in [2.45, 2.75) is 43.1 Å². The first-order chi connectivity index (χ1) is 11.0. The molecule has 1 atom stereocenters. The number of thioether (sulfide) groups is 1. The predicted molar refractivity (Wildman–Crippen MR) is 83.3 cm³/mol. The fourth-order valence-electron chi connectivity index (χ4n) is 2.22. The van der Waals surface area contributed by atoms with E-state index >= 15 is 0 Å². The Kier molecular flexibility index (Phi) is 4.34. The lowest BCUT2D eigenvalue weighted by molar-refractivity contribution is -0.115. The standard InChI is InChI=1S/C15H16F2N4OS/c1-8(14(22)18-13-7-10(16)3-6-12(13)17)23-15-20-19-9(2)21(15)11-4-5-11/h3,6-8,11H,4-5H2,1-2H3,(H,18,22)/t8-/m1/s1. The number of benzene rings is 1. The first-order valence-corrected chi connectivity index (χ1v) is 8.17. The topological polar surface area (TPSA) is 59.8 Å². The minimum Gasteiger partial charge on any atom is -0.323 e. The molecule has 0 spiro atoms. The van der Waals surface area contributed by atoms with Gasteiger partial charge in [-0.3, -0.25) is 4.79 Å². The molecule has 1 aromatic heterocycles. The average Bonchev–Trinajstić information content (AvgIpc) is 3.27. The van der Waals surface area contributed by atoms with Gasteiger partial charge in [0, 0.05) is 12.1 Å². The lowest BCUT2D eigenvalue weighted by Crippen LogP contribution is -2.23. The molecule has 3 rings (SSSR count). The highest BCUT2D eigenvalue weighted by Crippen LogP contribution is 2.39. The number of amides is 1. The van der Waals surface area contributed by atoms with Gasteiger partial charge >= 0.3 is 0 Å². The lowest BCUT2D eigenvalue weighted by atomic mass is 10.3. The Labute approximate surface area is 136 Å². The van der Waals surface area contributed by atoms with Gasteiger partial charge in [-0.2, -0.15) is 0 Å². The second-order valence-electron chi connectivity index (χ2n) is 5.50. The molecule has 1 saturated carbocycles. The van der Waals surface area contributed by atoms with Crippen molar-refractivity contribution in [1.29, 1.82) is 0 Å². The molecule has 1 amide bonds. The van der Waals surface area contributed by atoms with Crippen molar-refractivity contribution in [1.82, 2.24) is 14.8 Å². The highest BCUT2D eigenvalue weighted by atomic mass is 32.2. The van der Waals surface area contributed by atoms with Crippen LogP contribution in [-0.2, 0) is 4.79 Å². The zero-order chi connectivity index (χ0) is 16.6. The molecule has 2 aromatic rings. The van der Waals surface area contributed by atoms with E-state index in [1.54, 1.807) is 6.92 Å². The number of rotatable bonds is 5. The van der Waals surface area contributed by atoms with Crippen molar-refractivity contribution in [2.75, 3.05) is 5.32 Å². The van der Waals surface area contributed by atoms with Gasteiger partial charge < -0.3 is 9.88 Å². The van der Waals surface area contributed by atoms with Crippen LogP contribution < -0.4 is 5.32 Å². The van der Waals surface area contributed by atoms with E-state index in [2.05, 4.69) is 15.5 Å². The van der Waals surface area contributed by atoms with E-state index in [4.69, 9.17) is 0 Å². The van der Waals surface area contributed by atoms with Crippen LogP contribution in [0.1, 0.15) is 31.6 Å². The summed E-state index contributed by atoms with van der Waals surface area (Å²) in [6.45, 7) is 3.57. The molecule has 5 nitrogen and oxygen atoms in total. The molecule has 1 heterocycles. The van der Waals surface area contributed by atoms with E-state index in [1.807, 2.05) is 11.5 Å². The molecule has 0 aliphatic heterocycles. The predicted octanol–water partition coefficient (Wildman–Crippen LogP) is 3.32. The van der Waals surface area contributed by atoms with Crippen molar-refractivity contribution in [2.24, 2.45) is 0 Å². The molecule has 122 valence electrons. The Bertz CT molecular complexity index is 745. The van der Waals surface area contributed by atoms with Crippen LogP contribution in [0.2, 0.25) is 0 Å². The maximum atomic E-state index is 13.6. The van der Waals surface area contributed by atoms with Gasteiger partial charge in [-0.05, 0) is 38.8 Å². The van der Waals surface area contributed by atoms with E-state index in [-0.39, 0.29) is 5.69 Å². The zero-order valence-corrected chi connectivity index (χ0v) is 13.5. The van der Waals surface area contributed by atoms with E-state index in [9.17, 15) is 13.6 Å². The van der Waals surface area contributed by atoms with Gasteiger partial charge in [0.25, 0.3) is 0 Å². The van der Waals surface area contributed by atoms with Crippen LogP contribution >= 0.6 is 11.8 Å². The van der Waals surface area contributed by atoms with Gasteiger partial charge in [-0.15, -0.1) is 10.2 Å². The lowest BCUT2D eigenvalue weighted by Gasteiger charge is -2.13. The first kappa shape index (κ1) is 15.9. The molecule has 1 aliphatic rings. The number of hydrogen-bond acceptors (Lipinski definition) is 4. The van der Waals surface area contributed by atoms with Gasteiger partial charge in [0.05, 0.1) is 10.9 Å². The minimum atomic E-state index is -0.672. The number of aromatic nitrogens is 3. The number of aryl methyl sites for hydroxylation is 1. The normalized spacial score (nSPS) is 15.5. The van der Waals surface area contributed by atoms with Crippen molar-refractivity contribution >= 4 is 23.4 Å². The highest BCUT2D eigenvalue weighted by Gasteiger charge is 2.30. The van der Waals surface area contributed by atoms with Crippen LogP contribution in [0.25, 0.3) is 0 Å².